The van der Waals surface area contributed by atoms with Gasteiger partial charge in [-0.25, -0.2) is 23.5 Å². The minimum atomic E-state index is -1.24. The normalized spacial score (nSPS) is 18.9. The lowest BCUT2D eigenvalue weighted by Gasteiger charge is -2.33. The number of alkyl carbamates (subject to hydrolysis) is 1. The van der Waals surface area contributed by atoms with Crippen LogP contribution in [0.2, 0.25) is 0 Å². The van der Waals surface area contributed by atoms with Gasteiger partial charge in [-0.15, -0.1) is 0 Å². The second-order valence-corrected chi connectivity index (χ2v) is 16.2. The van der Waals surface area contributed by atoms with Crippen LogP contribution in [0.3, 0.4) is 0 Å². The molecule has 1 aliphatic carbocycles. The summed E-state index contributed by atoms with van der Waals surface area (Å²) in [5.74, 6) is -1.05. The second-order valence-electron chi connectivity index (χ2n) is 16.2. The van der Waals surface area contributed by atoms with Crippen LogP contribution < -0.4 is 21.9 Å². The third kappa shape index (κ3) is 9.07. The lowest BCUT2D eigenvalue weighted by Crippen LogP contribution is -2.57. The van der Waals surface area contributed by atoms with E-state index < -0.39 is 40.3 Å². The summed E-state index contributed by atoms with van der Waals surface area (Å²) < 4.78 is 22.5. The van der Waals surface area contributed by atoms with Crippen LogP contribution in [0.25, 0.3) is 27.8 Å². The van der Waals surface area contributed by atoms with Gasteiger partial charge < -0.3 is 20.3 Å². The van der Waals surface area contributed by atoms with Crippen molar-refractivity contribution in [2.45, 2.75) is 96.5 Å². The van der Waals surface area contributed by atoms with Crippen molar-refractivity contribution in [3.63, 3.8) is 0 Å². The van der Waals surface area contributed by atoms with Crippen molar-refractivity contribution in [3.8, 4) is 16.8 Å². The fourth-order valence-corrected chi connectivity index (χ4v) is 7.34. The third-order valence-electron chi connectivity index (χ3n) is 10.3. The van der Waals surface area contributed by atoms with E-state index in [2.05, 4.69) is 56.7 Å². The molecule has 4 aromatic rings. The Morgan fingerprint density at radius 2 is 1.63 bits per heavy atom. The number of rotatable bonds is 8. The zero-order valence-electron chi connectivity index (χ0n) is 32.2. The predicted octanol–water partition coefficient (Wildman–Crippen LogP) is 5.39. The molecule has 1 saturated carbocycles. The number of fused-ring (bicyclic) bond motifs is 1. The Hall–Kier alpha value is -4.88. The van der Waals surface area contributed by atoms with Crippen molar-refractivity contribution in [2.24, 2.45) is 0 Å². The summed E-state index contributed by atoms with van der Waals surface area (Å²) in [6, 6.07) is 16.4. The van der Waals surface area contributed by atoms with Crippen LogP contribution in [0, 0.1) is 5.82 Å². The van der Waals surface area contributed by atoms with Gasteiger partial charge in [0.15, 0.2) is 5.65 Å². The third-order valence-corrected chi connectivity index (χ3v) is 10.3. The fraction of sp³-hybridized carbons (Fsp3) is 0.488. The number of carbonyl (C=O) groups excluding carboxylic acids is 2. The molecule has 54 heavy (non-hydrogen) atoms. The number of halogens is 1. The molecule has 2 aromatic heterocycles. The maximum Gasteiger partial charge on any atom is 0.408 e. The van der Waals surface area contributed by atoms with Gasteiger partial charge in [-0.1, -0.05) is 36.4 Å². The molecular formula is C41H52FN7O5. The van der Waals surface area contributed by atoms with Crippen molar-refractivity contribution in [2.75, 3.05) is 33.2 Å². The molecule has 13 heteroatoms. The van der Waals surface area contributed by atoms with Crippen LogP contribution in [0.4, 0.5) is 9.18 Å². The molecule has 0 unspecified atom stereocenters. The highest BCUT2D eigenvalue weighted by molar-refractivity contribution is 5.89. The molecule has 2 amide bonds. The number of benzene rings is 2. The first-order valence-electron chi connectivity index (χ1n) is 18.8. The lowest BCUT2D eigenvalue weighted by molar-refractivity contribution is -0.127. The van der Waals surface area contributed by atoms with Crippen LogP contribution in [-0.4, -0.2) is 86.3 Å². The predicted molar refractivity (Wildman–Crippen MR) is 207 cm³/mol. The van der Waals surface area contributed by atoms with Crippen molar-refractivity contribution in [1.82, 2.24) is 34.6 Å². The number of hydrogen-bond donors (Lipinski definition) is 2. The van der Waals surface area contributed by atoms with Crippen LogP contribution >= 0.6 is 0 Å². The van der Waals surface area contributed by atoms with Gasteiger partial charge >= 0.3 is 11.8 Å². The van der Waals surface area contributed by atoms with E-state index in [1.807, 2.05) is 18.2 Å². The highest BCUT2D eigenvalue weighted by atomic mass is 19.1. The number of aromatic nitrogens is 3. The Bertz CT molecular complexity index is 2110. The first-order chi connectivity index (χ1) is 25.6. The molecule has 2 fully saturated rings. The van der Waals surface area contributed by atoms with Gasteiger partial charge in [-0.3, -0.25) is 19.1 Å². The van der Waals surface area contributed by atoms with Gasteiger partial charge in [0.1, 0.15) is 17.0 Å². The number of nitrogens with zero attached hydrogens (tertiary/aromatic N) is 5. The summed E-state index contributed by atoms with van der Waals surface area (Å²) in [5.41, 5.74) is 0.577. The Morgan fingerprint density at radius 1 is 0.907 bits per heavy atom. The molecule has 1 aliphatic heterocycles. The van der Waals surface area contributed by atoms with Crippen molar-refractivity contribution < 1.29 is 18.7 Å². The van der Waals surface area contributed by atoms with Gasteiger partial charge in [0.2, 0.25) is 5.91 Å². The van der Waals surface area contributed by atoms with Crippen LogP contribution in [0.15, 0.2) is 70.4 Å². The minimum absolute atomic E-state index is 0.00876. The van der Waals surface area contributed by atoms with Gasteiger partial charge in [-0.05, 0) is 122 Å². The Kier molecular flexibility index (Phi) is 11.4. The van der Waals surface area contributed by atoms with Gasteiger partial charge in [0.25, 0.3) is 5.56 Å². The number of pyridine rings is 1. The summed E-state index contributed by atoms with van der Waals surface area (Å²) in [6.45, 7) is 13.6. The lowest BCUT2D eigenvalue weighted by atomic mass is 9.90. The van der Waals surface area contributed by atoms with Crippen molar-refractivity contribution in [1.29, 1.82) is 0 Å². The summed E-state index contributed by atoms with van der Waals surface area (Å²) in [4.78, 5) is 62.9. The molecule has 3 heterocycles. The Morgan fingerprint density at radius 3 is 2.33 bits per heavy atom. The molecule has 0 atom stereocenters. The minimum Gasteiger partial charge on any atom is -0.444 e. The molecule has 2 N–H and O–H groups in total. The average molecular weight is 742 g/mol. The van der Waals surface area contributed by atoms with Gasteiger partial charge in [-0.2, -0.15) is 0 Å². The first-order valence-corrected chi connectivity index (χ1v) is 18.8. The van der Waals surface area contributed by atoms with E-state index >= 15 is 0 Å². The van der Waals surface area contributed by atoms with E-state index in [-0.39, 0.29) is 23.0 Å². The Balaban J connectivity index is 1.22. The summed E-state index contributed by atoms with van der Waals surface area (Å²) >= 11 is 0. The second kappa shape index (κ2) is 15.8. The largest absolute Gasteiger partial charge is 0.444 e. The number of carbonyl (C=O) groups is 2. The summed E-state index contributed by atoms with van der Waals surface area (Å²) in [6.07, 6.45) is 3.30. The summed E-state index contributed by atoms with van der Waals surface area (Å²) in [5, 5.41) is 5.65. The average Bonchev–Trinajstić information content (AvgIpc) is 3.32. The number of nitrogens with one attached hydrogen (secondary N) is 2. The molecule has 0 radical (unpaired) electrons. The molecule has 12 nitrogen and oxygen atoms in total. The van der Waals surface area contributed by atoms with E-state index in [1.54, 1.807) is 40.7 Å². The van der Waals surface area contributed by atoms with Crippen LogP contribution in [0.1, 0.15) is 78.3 Å². The highest BCUT2D eigenvalue weighted by Crippen LogP contribution is 2.29. The maximum absolute atomic E-state index is 14.6. The molecule has 2 aromatic carbocycles. The van der Waals surface area contributed by atoms with Crippen LogP contribution in [-0.2, 0) is 16.1 Å². The van der Waals surface area contributed by atoms with E-state index in [0.717, 1.165) is 62.5 Å². The van der Waals surface area contributed by atoms with Crippen molar-refractivity contribution >= 4 is 23.0 Å². The van der Waals surface area contributed by atoms with E-state index in [0.29, 0.717) is 31.4 Å². The van der Waals surface area contributed by atoms with Gasteiger partial charge in [0, 0.05) is 31.7 Å². The first kappa shape index (κ1) is 38.8. The van der Waals surface area contributed by atoms with Crippen LogP contribution in [0.5, 0.6) is 0 Å². The number of ether oxygens (including phenoxy) is 1. The van der Waals surface area contributed by atoms with E-state index in [1.165, 1.54) is 14.7 Å². The van der Waals surface area contributed by atoms with E-state index in [9.17, 15) is 23.6 Å². The molecule has 0 spiro atoms. The maximum atomic E-state index is 14.6. The summed E-state index contributed by atoms with van der Waals surface area (Å²) in [7, 11) is 2.17. The molecule has 0 bridgehead atoms. The molecule has 288 valence electrons. The van der Waals surface area contributed by atoms with E-state index in [4.69, 9.17) is 4.74 Å². The highest BCUT2D eigenvalue weighted by Gasteiger charge is 2.35. The molecule has 1 saturated heterocycles. The monoisotopic (exact) mass is 741 g/mol. The number of likely N-dealkylation sites (N-methyl/N-ethyl adjacent to an activating group) is 1. The topological polar surface area (TPSA) is 131 Å². The number of amides is 2. The Labute approximate surface area is 315 Å². The quantitative estimate of drug-likeness (QED) is 0.246. The zero-order chi connectivity index (χ0) is 38.8. The van der Waals surface area contributed by atoms with Crippen molar-refractivity contribution in [3.05, 3.63) is 93.0 Å². The van der Waals surface area contributed by atoms with Gasteiger partial charge in [0.05, 0.1) is 17.3 Å². The standard InChI is InChI=1S/C41H52FN7O5/c1-40(2,3)54-38(52)45-41(4,5)37(51)44-31-15-17-32(18-16-31)49-36(50)34-24-30(42)25-43-35(34)48(39(49)53)33-10-7-9-29(23-33)28-13-11-27(12-14-28)26-47-20-8-19-46(6)21-22-47/h7,9-14,23-25,31-32H,8,15-22,26H2,1-6H3,(H,44,51)(H,45,52). The smallest absolute Gasteiger partial charge is 0.408 e. The number of hydrogen-bond acceptors (Lipinski definition) is 8. The zero-order valence-corrected chi connectivity index (χ0v) is 32.2. The molecule has 2 aliphatic rings. The molecule has 6 rings (SSSR count). The fourth-order valence-electron chi connectivity index (χ4n) is 7.34. The SMILES string of the molecule is CN1CCCN(Cc2ccc(-c3cccc(-n4c(=O)n(C5CCC(NC(=O)C(C)(C)NC(=O)OC(C)(C)C)CC5)c(=O)c5cc(F)cnc54)c3)cc2)CC1. The molecular weight excluding hydrogens is 689 g/mol.